The number of rotatable bonds is 1. The zero-order valence-electron chi connectivity index (χ0n) is 9.37. The van der Waals surface area contributed by atoms with Gasteiger partial charge in [-0.25, -0.2) is 0 Å². The Bertz CT molecular complexity index is 220. The first kappa shape index (κ1) is 12.1. The van der Waals surface area contributed by atoms with E-state index in [4.69, 9.17) is 14.2 Å². The molecule has 88 valence electrons. The summed E-state index contributed by atoms with van der Waals surface area (Å²) in [6.07, 6.45) is 4.19. The number of halogens is 1. The molecule has 0 radical (unpaired) electrons. The predicted octanol–water partition coefficient (Wildman–Crippen LogP) is 2.51. The molecule has 2 fully saturated rings. The lowest BCUT2D eigenvalue weighted by atomic mass is 10.0. The van der Waals surface area contributed by atoms with Crippen molar-refractivity contribution in [2.45, 2.75) is 57.2 Å². The highest BCUT2D eigenvalue weighted by Gasteiger charge is 2.41. The smallest absolute Gasteiger partial charge is 0.163 e. The van der Waals surface area contributed by atoms with Crippen LogP contribution in [0.3, 0.4) is 0 Å². The molecule has 0 saturated carbocycles. The Balaban J connectivity index is 1.95. The highest BCUT2D eigenvalue weighted by atomic mass is 127. The maximum Gasteiger partial charge on any atom is 0.163 e. The van der Waals surface area contributed by atoms with Crippen molar-refractivity contribution in [3.8, 4) is 0 Å². The number of ether oxygens (including phenoxy) is 3. The second kappa shape index (κ2) is 4.85. The number of hydrogen-bond acceptors (Lipinski definition) is 3. The van der Waals surface area contributed by atoms with Crippen LogP contribution >= 0.6 is 22.6 Å². The lowest BCUT2D eigenvalue weighted by Gasteiger charge is -2.24. The quantitative estimate of drug-likeness (QED) is 0.547. The molecule has 1 unspecified atom stereocenters. The van der Waals surface area contributed by atoms with Crippen LogP contribution in [-0.2, 0) is 14.2 Å². The molecule has 0 amide bonds. The highest BCUT2D eigenvalue weighted by Crippen LogP contribution is 2.32. The molecular weight excluding hydrogens is 307 g/mol. The van der Waals surface area contributed by atoms with Crippen LogP contribution in [0.25, 0.3) is 0 Å². The van der Waals surface area contributed by atoms with E-state index in [-0.39, 0.29) is 12.2 Å². The van der Waals surface area contributed by atoms with Gasteiger partial charge < -0.3 is 14.2 Å². The molecular formula is C11H19IO3. The Morgan fingerprint density at radius 3 is 2.67 bits per heavy atom. The fourth-order valence-corrected chi connectivity index (χ4v) is 2.97. The van der Waals surface area contributed by atoms with Gasteiger partial charge in [-0.1, -0.05) is 22.6 Å². The van der Waals surface area contributed by atoms with Crippen molar-refractivity contribution in [3.05, 3.63) is 0 Å². The van der Waals surface area contributed by atoms with Crippen molar-refractivity contribution in [2.24, 2.45) is 0 Å². The Morgan fingerprint density at radius 1 is 1.20 bits per heavy atom. The minimum atomic E-state index is -0.428. The number of fused-ring (bicyclic) bond motifs is 1. The van der Waals surface area contributed by atoms with Gasteiger partial charge in [0.2, 0.25) is 0 Å². The zero-order chi connectivity index (χ0) is 10.9. The molecule has 15 heavy (non-hydrogen) atoms. The topological polar surface area (TPSA) is 27.7 Å². The average Bonchev–Trinajstić information content (AvgIpc) is 2.42. The fraction of sp³-hybridized carbons (Fsp3) is 1.00. The monoisotopic (exact) mass is 326 g/mol. The standard InChI is InChI=1S/C11H19IO3/c1-11(2)14-9-5-3-4-8(6-12)13-7-10(9)15-11/h8-10H,3-7H2,1-2H3/t8?,9-,10-/m1/s1. The number of hydrogen-bond donors (Lipinski definition) is 0. The molecule has 0 aromatic carbocycles. The van der Waals surface area contributed by atoms with Gasteiger partial charge in [0.1, 0.15) is 6.10 Å². The molecule has 2 rings (SSSR count). The average molecular weight is 326 g/mol. The minimum Gasteiger partial charge on any atom is -0.375 e. The third-order valence-corrected chi connectivity index (χ3v) is 3.95. The fourth-order valence-electron chi connectivity index (χ4n) is 2.28. The van der Waals surface area contributed by atoms with Crippen LogP contribution in [0.15, 0.2) is 0 Å². The first-order valence-electron chi connectivity index (χ1n) is 5.64. The summed E-state index contributed by atoms with van der Waals surface area (Å²) in [4.78, 5) is 0. The summed E-state index contributed by atoms with van der Waals surface area (Å²) >= 11 is 2.39. The van der Waals surface area contributed by atoms with Crippen LogP contribution in [0.5, 0.6) is 0 Å². The van der Waals surface area contributed by atoms with Gasteiger partial charge in [0.15, 0.2) is 5.79 Å². The summed E-state index contributed by atoms with van der Waals surface area (Å²) in [5.41, 5.74) is 0. The SMILES string of the molecule is CC1(C)O[C@@H]2CCCC(CI)OC[C@H]2O1. The molecule has 3 atom stereocenters. The van der Waals surface area contributed by atoms with Crippen LogP contribution in [-0.4, -0.2) is 35.1 Å². The maximum atomic E-state index is 5.85. The van der Waals surface area contributed by atoms with Crippen molar-refractivity contribution in [1.29, 1.82) is 0 Å². The van der Waals surface area contributed by atoms with Crippen molar-refractivity contribution in [3.63, 3.8) is 0 Å². The lowest BCUT2D eigenvalue weighted by molar-refractivity contribution is -0.151. The Labute approximate surface area is 105 Å². The van der Waals surface area contributed by atoms with E-state index in [0.717, 1.165) is 17.3 Å². The zero-order valence-corrected chi connectivity index (χ0v) is 11.5. The highest BCUT2D eigenvalue weighted by molar-refractivity contribution is 14.1. The van der Waals surface area contributed by atoms with Crippen LogP contribution < -0.4 is 0 Å². The maximum absolute atomic E-state index is 5.85. The first-order valence-corrected chi connectivity index (χ1v) is 7.16. The molecule has 0 aromatic heterocycles. The third kappa shape index (κ3) is 3.05. The molecule has 0 aromatic rings. The predicted molar refractivity (Wildman–Crippen MR) is 66.3 cm³/mol. The van der Waals surface area contributed by atoms with Gasteiger partial charge in [0.05, 0.1) is 18.8 Å². The minimum absolute atomic E-state index is 0.130. The van der Waals surface area contributed by atoms with Crippen molar-refractivity contribution < 1.29 is 14.2 Å². The molecule has 2 heterocycles. The van der Waals surface area contributed by atoms with E-state index in [1.54, 1.807) is 0 Å². The third-order valence-electron chi connectivity index (χ3n) is 2.97. The van der Waals surface area contributed by atoms with E-state index < -0.39 is 5.79 Å². The van der Waals surface area contributed by atoms with Gasteiger partial charge >= 0.3 is 0 Å². The molecule has 2 saturated heterocycles. The summed E-state index contributed by atoms with van der Waals surface area (Å²) in [6.45, 7) is 4.64. The largest absolute Gasteiger partial charge is 0.375 e. The van der Waals surface area contributed by atoms with Gasteiger partial charge in [-0.05, 0) is 33.1 Å². The summed E-state index contributed by atoms with van der Waals surface area (Å²) in [5.74, 6) is -0.428. The molecule has 0 spiro atoms. The summed E-state index contributed by atoms with van der Waals surface area (Å²) in [6, 6.07) is 0. The Hall–Kier alpha value is 0.610. The summed E-state index contributed by atoms with van der Waals surface area (Å²) in [7, 11) is 0. The van der Waals surface area contributed by atoms with Gasteiger partial charge in [-0.3, -0.25) is 0 Å². The van der Waals surface area contributed by atoms with E-state index in [1.165, 1.54) is 6.42 Å². The van der Waals surface area contributed by atoms with Gasteiger partial charge in [0, 0.05) is 4.43 Å². The van der Waals surface area contributed by atoms with E-state index in [9.17, 15) is 0 Å². The van der Waals surface area contributed by atoms with Gasteiger partial charge in [-0.15, -0.1) is 0 Å². The molecule has 4 heteroatoms. The van der Waals surface area contributed by atoms with Crippen LogP contribution in [0.1, 0.15) is 33.1 Å². The van der Waals surface area contributed by atoms with Crippen molar-refractivity contribution >= 4 is 22.6 Å². The van der Waals surface area contributed by atoms with Crippen LogP contribution in [0.2, 0.25) is 0 Å². The molecule has 0 bridgehead atoms. The normalized spacial score (nSPS) is 40.6. The Morgan fingerprint density at radius 2 is 1.93 bits per heavy atom. The molecule has 0 aliphatic carbocycles. The first-order chi connectivity index (χ1) is 7.11. The Kier molecular flexibility index (Phi) is 3.91. The van der Waals surface area contributed by atoms with Crippen molar-refractivity contribution in [2.75, 3.05) is 11.0 Å². The lowest BCUT2D eigenvalue weighted by Crippen LogP contribution is -2.33. The van der Waals surface area contributed by atoms with Crippen LogP contribution in [0, 0.1) is 0 Å². The van der Waals surface area contributed by atoms with Gasteiger partial charge in [0.25, 0.3) is 0 Å². The molecule has 3 nitrogen and oxygen atoms in total. The van der Waals surface area contributed by atoms with E-state index in [1.807, 2.05) is 13.8 Å². The van der Waals surface area contributed by atoms with E-state index in [0.29, 0.717) is 12.7 Å². The molecule has 2 aliphatic heterocycles. The van der Waals surface area contributed by atoms with Crippen LogP contribution in [0.4, 0.5) is 0 Å². The van der Waals surface area contributed by atoms with E-state index in [2.05, 4.69) is 22.6 Å². The van der Waals surface area contributed by atoms with Gasteiger partial charge in [-0.2, -0.15) is 0 Å². The summed E-state index contributed by atoms with van der Waals surface area (Å²) < 4.78 is 18.6. The second-order valence-corrected chi connectivity index (χ2v) is 5.63. The number of alkyl halides is 1. The second-order valence-electron chi connectivity index (χ2n) is 4.75. The summed E-state index contributed by atoms with van der Waals surface area (Å²) in [5, 5.41) is 0. The van der Waals surface area contributed by atoms with E-state index >= 15 is 0 Å². The van der Waals surface area contributed by atoms with Crippen molar-refractivity contribution in [1.82, 2.24) is 0 Å². The molecule has 0 N–H and O–H groups in total. The molecule has 2 aliphatic rings.